The van der Waals surface area contributed by atoms with Crippen molar-refractivity contribution < 1.29 is 4.79 Å². The Kier molecular flexibility index (Phi) is 3.41. The van der Waals surface area contributed by atoms with Crippen LogP contribution in [0.3, 0.4) is 0 Å². The molecule has 0 radical (unpaired) electrons. The Bertz CT molecular complexity index is 797. The molecule has 0 fully saturated rings. The van der Waals surface area contributed by atoms with Crippen LogP contribution in [0.25, 0.3) is 22.1 Å². The van der Waals surface area contributed by atoms with Gasteiger partial charge in [-0.3, -0.25) is 9.78 Å². The van der Waals surface area contributed by atoms with E-state index in [2.05, 4.69) is 19.9 Å². The van der Waals surface area contributed by atoms with Gasteiger partial charge in [-0.05, 0) is 18.6 Å². The van der Waals surface area contributed by atoms with E-state index in [4.69, 9.17) is 5.73 Å². The maximum absolute atomic E-state index is 11.0. The summed E-state index contributed by atoms with van der Waals surface area (Å²) in [4.78, 5) is 27.9. The third kappa shape index (κ3) is 2.63. The SMILES string of the molecule is Cc1ccncc1-c1csc(-c2ncc(C(N)=O)cn2)n1. The summed E-state index contributed by atoms with van der Waals surface area (Å²) in [7, 11) is 0. The number of rotatable bonds is 3. The number of carbonyl (C=O) groups excluding carboxylic acids is 1. The number of nitrogens with two attached hydrogens (primary N) is 1. The molecule has 0 saturated heterocycles. The third-order valence-electron chi connectivity index (χ3n) is 2.95. The van der Waals surface area contributed by atoms with Gasteiger partial charge < -0.3 is 5.73 Å². The van der Waals surface area contributed by atoms with Gasteiger partial charge in [-0.25, -0.2) is 15.0 Å². The lowest BCUT2D eigenvalue weighted by Gasteiger charge is -2.00. The molecule has 0 atom stereocenters. The molecule has 21 heavy (non-hydrogen) atoms. The molecular formula is C14H11N5OS. The van der Waals surface area contributed by atoms with Crippen LogP contribution in [0.15, 0.2) is 36.2 Å². The summed E-state index contributed by atoms with van der Waals surface area (Å²) in [6, 6.07) is 1.94. The smallest absolute Gasteiger partial charge is 0.251 e. The van der Waals surface area contributed by atoms with E-state index in [0.29, 0.717) is 10.8 Å². The molecule has 0 saturated carbocycles. The number of aromatic nitrogens is 4. The predicted octanol–water partition coefficient (Wildman–Crippen LogP) is 2.07. The van der Waals surface area contributed by atoms with E-state index < -0.39 is 5.91 Å². The second kappa shape index (κ2) is 5.37. The molecule has 0 aliphatic heterocycles. The van der Waals surface area contributed by atoms with E-state index in [1.807, 2.05) is 18.4 Å². The molecule has 6 nitrogen and oxygen atoms in total. The number of carbonyl (C=O) groups is 1. The Morgan fingerprint density at radius 2 is 2.00 bits per heavy atom. The molecule has 3 aromatic heterocycles. The van der Waals surface area contributed by atoms with Crippen molar-refractivity contribution >= 4 is 17.2 Å². The molecule has 0 aromatic carbocycles. The number of thiazole rings is 1. The molecule has 7 heteroatoms. The number of hydrogen-bond donors (Lipinski definition) is 1. The van der Waals surface area contributed by atoms with Crippen LogP contribution in [-0.2, 0) is 0 Å². The van der Waals surface area contributed by atoms with E-state index in [0.717, 1.165) is 16.8 Å². The summed E-state index contributed by atoms with van der Waals surface area (Å²) >= 11 is 1.44. The van der Waals surface area contributed by atoms with E-state index in [-0.39, 0.29) is 5.56 Å². The van der Waals surface area contributed by atoms with Gasteiger partial charge in [0.15, 0.2) is 10.8 Å². The zero-order valence-electron chi connectivity index (χ0n) is 11.1. The fourth-order valence-electron chi connectivity index (χ4n) is 1.80. The van der Waals surface area contributed by atoms with Crippen LogP contribution in [0.1, 0.15) is 15.9 Å². The molecule has 0 aliphatic carbocycles. The van der Waals surface area contributed by atoms with Crippen molar-refractivity contribution in [1.29, 1.82) is 0 Å². The molecule has 3 rings (SSSR count). The monoisotopic (exact) mass is 297 g/mol. The van der Waals surface area contributed by atoms with Gasteiger partial charge in [-0.1, -0.05) is 0 Å². The fraction of sp³-hybridized carbons (Fsp3) is 0.0714. The molecule has 0 aliphatic rings. The summed E-state index contributed by atoms with van der Waals surface area (Å²) < 4.78 is 0. The Labute approximate surface area is 124 Å². The van der Waals surface area contributed by atoms with Gasteiger partial charge in [-0.15, -0.1) is 11.3 Å². The van der Waals surface area contributed by atoms with Crippen molar-refractivity contribution in [1.82, 2.24) is 19.9 Å². The number of aryl methyl sites for hydroxylation is 1. The van der Waals surface area contributed by atoms with Crippen molar-refractivity contribution in [2.24, 2.45) is 5.73 Å². The van der Waals surface area contributed by atoms with Gasteiger partial charge in [0.2, 0.25) is 0 Å². The zero-order chi connectivity index (χ0) is 14.8. The average Bonchev–Trinajstić information content (AvgIpc) is 2.97. The van der Waals surface area contributed by atoms with Gasteiger partial charge in [-0.2, -0.15) is 0 Å². The van der Waals surface area contributed by atoms with Gasteiger partial charge in [0.05, 0.1) is 11.3 Å². The van der Waals surface area contributed by atoms with Crippen LogP contribution in [-0.4, -0.2) is 25.8 Å². The largest absolute Gasteiger partial charge is 0.366 e. The quantitative estimate of drug-likeness (QED) is 0.798. The van der Waals surface area contributed by atoms with Gasteiger partial charge in [0.1, 0.15) is 0 Å². The summed E-state index contributed by atoms with van der Waals surface area (Å²) in [6.45, 7) is 2.01. The standard InChI is InChI=1S/C14H11N5OS/c1-8-2-3-16-6-10(8)11-7-21-14(19-11)13-17-4-9(5-18-13)12(15)20/h2-7H,1H3,(H2,15,20). The fourth-order valence-corrected chi connectivity index (χ4v) is 2.56. The van der Waals surface area contributed by atoms with Crippen LogP contribution >= 0.6 is 11.3 Å². The molecule has 3 aromatic rings. The van der Waals surface area contributed by atoms with Crippen LogP contribution in [0.2, 0.25) is 0 Å². The van der Waals surface area contributed by atoms with Crippen LogP contribution in [0.5, 0.6) is 0 Å². The van der Waals surface area contributed by atoms with Gasteiger partial charge in [0.25, 0.3) is 5.91 Å². The number of nitrogens with zero attached hydrogens (tertiary/aromatic N) is 4. The molecule has 104 valence electrons. The molecule has 0 bridgehead atoms. The minimum absolute atomic E-state index is 0.277. The van der Waals surface area contributed by atoms with Crippen LogP contribution in [0, 0.1) is 6.92 Å². The highest BCUT2D eigenvalue weighted by Crippen LogP contribution is 2.28. The Hall–Kier alpha value is -2.67. The van der Waals surface area contributed by atoms with Gasteiger partial charge in [0, 0.05) is 35.7 Å². The van der Waals surface area contributed by atoms with E-state index in [1.54, 1.807) is 12.4 Å². The molecule has 2 N–H and O–H groups in total. The lowest BCUT2D eigenvalue weighted by molar-refractivity contribution is 0.0999. The first-order valence-electron chi connectivity index (χ1n) is 6.14. The lowest BCUT2D eigenvalue weighted by Crippen LogP contribution is -2.11. The van der Waals surface area contributed by atoms with Crippen LogP contribution < -0.4 is 5.73 Å². The average molecular weight is 297 g/mol. The number of pyridine rings is 1. The van der Waals surface area contributed by atoms with Gasteiger partial charge >= 0.3 is 0 Å². The Balaban J connectivity index is 1.95. The first-order chi connectivity index (χ1) is 10.1. The molecular weight excluding hydrogens is 286 g/mol. The number of primary amides is 1. The normalized spacial score (nSPS) is 10.5. The number of hydrogen-bond acceptors (Lipinski definition) is 6. The van der Waals surface area contributed by atoms with E-state index in [9.17, 15) is 4.79 Å². The molecule has 0 unspecified atom stereocenters. The Morgan fingerprint density at radius 3 is 2.67 bits per heavy atom. The van der Waals surface area contributed by atoms with Crippen molar-refractivity contribution in [3.63, 3.8) is 0 Å². The minimum Gasteiger partial charge on any atom is -0.366 e. The van der Waals surface area contributed by atoms with E-state index in [1.165, 1.54) is 23.7 Å². The Morgan fingerprint density at radius 1 is 1.24 bits per heavy atom. The first kappa shape index (κ1) is 13.3. The highest BCUT2D eigenvalue weighted by molar-refractivity contribution is 7.13. The van der Waals surface area contributed by atoms with Crippen LogP contribution in [0.4, 0.5) is 0 Å². The second-order valence-corrected chi connectivity index (χ2v) is 5.25. The van der Waals surface area contributed by atoms with Crippen molar-refractivity contribution in [2.45, 2.75) is 6.92 Å². The summed E-state index contributed by atoms with van der Waals surface area (Å²) in [5.41, 5.74) is 8.36. The van der Waals surface area contributed by atoms with Crippen molar-refractivity contribution in [3.05, 3.63) is 47.4 Å². The third-order valence-corrected chi connectivity index (χ3v) is 3.79. The molecule has 0 spiro atoms. The van der Waals surface area contributed by atoms with Crippen molar-refractivity contribution in [3.8, 4) is 22.1 Å². The maximum atomic E-state index is 11.0. The van der Waals surface area contributed by atoms with E-state index >= 15 is 0 Å². The number of amides is 1. The molecule has 1 amide bonds. The highest BCUT2D eigenvalue weighted by atomic mass is 32.1. The second-order valence-electron chi connectivity index (χ2n) is 4.39. The molecule has 3 heterocycles. The summed E-state index contributed by atoms with van der Waals surface area (Å²) in [5, 5.41) is 2.62. The van der Waals surface area contributed by atoms with Crippen molar-refractivity contribution in [2.75, 3.05) is 0 Å². The first-order valence-corrected chi connectivity index (χ1v) is 7.02. The predicted molar refractivity (Wildman–Crippen MR) is 79.6 cm³/mol. The topological polar surface area (TPSA) is 94.7 Å². The summed E-state index contributed by atoms with van der Waals surface area (Å²) in [6.07, 6.45) is 6.34. The minimum atomic E-state index is -0.549. The summed E-state index contributed by atoms with van der Waals surface area (Å²) in [5.74, 6) is -0.0786. The zero-order valence-corrected chi connectivity index (χ0v) is 12.0. The lowest BCUT2D eigenvalue weighted by atomic mass is 10.1. The maximum Gasteiger partial charge on any atom is 0.251 e. The highest BCUT2D eigenvalue weighted by Gasteiger charge is 2.11.